The first-order valence-electron chi connectivity index (χ1n) is 7.94. The predicted octanol–water partition coefficient (Wildman–Crippen LogP) is 3.58. The lowest BCUT2D eigenvalue weighted by molar-refractivity contribution is 0.0147. The van der Waals surface area contributed by atoms with Gasteiger partial charge in [0.05, 0.1) is 0 Å². The van der Waals surface area contributed by atoms with Crippen LogP contribution in [0, 0.1) is 18.3 Å². The van der Waals surface area contributed by atoms with Crippen LogP contribution in [0.2, 0.25) is 0 Å². The first kappa shape index (κ1) is 15.5. The Bertz CT molecular complexity index is 408. The zero-order valence-corrected chi connectivity index (χ0v) is 13.2. The van der Waals surface area contributed by atoms with Crippen LogP contribution in [0.25, 0.3) is 0 Å². The van der Waals surface area contributed by atoms with Crippen molar-refractivity contribution in [3.63, 3.8) is 0 Å². The molecule has 0 spiro atoms. The van der Waals surface area contributed by atoms with Crippen LogP contribution in [-0.4, -0.2) is 26.3 Å². The van der Waals surface area contributed by atoms with Crippen molar-refractivity contribution in [1.82, 2.24) is 5.32 Å². The van der Waals surface area contributed by atoms with Gasteiger partial charge in [-0.1, -0.05) is 43.7 Å². The average Bonchev–Trinajstić information content (AvgIpc) is 2.39. The van der Waals surface area contributed by atoms with E-state index < -0.39 is 0 Å². The molecule has 1 N–H and O–H groups in total. The van der Waals surface area contributed by atoms with Crippen molar-refractivity contribution in [1.29, 1.82) is 0 Å². The van der Waals surface area contributed by atoms with Gasteiger partial charge in [0, 0.05) is 19.8 Å². The van der Waals surface area contributed by atoms with E-state index in [0.29, 0.717) is 11.3 Å². The summed E-state index contributed by atoms with van der Waals surface area (Å²) in [5.74, 6) is 0.714. The molecule has 0 saturated carbocycles. The highest BCUT2D eigenvalue weighted by Gasteiger charge is 2.32. The highest BCUT2D eigenvalue weighted by molar-refractivity contribution is 5.23. The van der Waals surface area contributed by atoms with Crippen LogP contribution < -0.4 is 5.32 Å². The van der Waals surface area contributed by atoms with E-state index in [0.717, 1.165) is 26.3 Å². The second-order valence-corrected chi connectivity index (χ2v) is 6.80. The number of nitrogens with one attached hydrogen (secondary N) is 1. The maximum Gasteiger partial charge on any atom is 0.0471 e. The minimum absolute atomic E-state index is 0.376. The van der Waals surface area contributed by atoms with Gasteiger partial charge in [0.25, 0.3) is 0 Å². The number of benzene rings is 1. The monoisotopic (exact) mass is 275 g/mol. The zero-order valence-electron chi connectivity index (χ0n) is 13.2. The fourth-order valence-corrected chi connectivity index (χ4v) is 3.10. The number of ether oxygens (including phenoxy) is 1. The van der Waals surface area contributed by atoms with E-state index in [1.54, 1.807) is 0 Å². The summed E-state index contributed by atoms with van der Waals surface area (Å²) < 4.78 is 5.59. The van der Waals surface area contributed by atoms with Crippen LogP contribution in [0.15, 0.2) is 24.3 Å². The molecule has 0 unspecified atom stereocenters. The molecule has 0 aliphatic carbocycles. The predicted molar refractivity (Wildman–Crippen MR) is 85.1 cm³/mol. The van der Waals surface area contributed by atoms with E-state index in [1.807, 2.05) is 0 Å². The quantitative estimate of drug-likeness (QED) is 0.857. The van der Waals surface area contributed by atoms with E-state index in [1.165, 1.54) is 30.4 Å². The highest BCUT2D eigenvalue weighted by Crippen LogP contribution is 2.34. The molecule has 1 fully saturated rings. The summed E-state index contributed by atoms with van der Waals surface area (Å²) in [6, 6.07) is 8.96. The summed E-state index contributed by atoms with van der Waals surface area (Å²) in [5.41, 5.74) is 3.21. The third-order valence-corrected chi connectivity index (χ3v) is 4.27. The van der Waals surface area contributed by atoms with E-state index in [-0.39, 0.29) is 0 Å². The largest absolute Gasteiger partial charge is 0.381 e. The first-order valence-corrected chi connectivity index (χ1v) is 7.94. The summed E-state index contributed by atoms with van der Waals surface area (Å²) in [5, 5.41) is 3.67. The third-order valence-electron chi connectivity index (χ3n) is 4.27. The zero-order chi connectivity index (χ0) is 14.4. The number of rotatable bonds is 6. The lowest BCUT2D eigenvalue weighted by Crippen LogP contribution is -2.41. The van der Waals surface area contributed by atoms with Crippen molar-refractivity contribution < 1.29 is 4.74 Å². The van der Waals surface area contributed by atoms with Crippen LogP contribution in [0.1, 0.15) is 37.8 Å². The van der Waals surface area contributed by atoms with Crippen LogP contribution in [0.3, 0.4) is 0 Å². The maximum absolute atomic E-state index is 5.59. The highest BCUT2D eigenvalue weighted by atomic mass is 16.5. The van der Waals surface area contributed by atoms with Gasteiger partial charge in [-0.2, -0.15) is 0 Å². The molecule has 0 amide bonds. The van der Waals surface area contributed by atoms with E-state index in [9.17, 15) is 0 Å². The molecule has 2 nitrogen and oxygen atoms in total. The Morgan fingerprint density at radius 1 is 1.25 bits per heavy atom. The summed E-state index contributed by atoms with van der Waals surface area (Å²) in [7, 11) is 0. The Morgan fingerprint density at radius 2 is 2.00 bits per heavy atom. The standard InChI is InChI=1S/C18H29NO/c1-15(2)13-19-14-18(7-9-20-10-8-18)12-17-6-4-5-16(3)11-17/h4-6,11,15,19H,7-10,12-14H2,1-3H3. The van der Waals surface area contributed by atoms with Gasteiger partial charge in [0.1, 0.15) is 0 Å². The molecule has 0 radical (unpaired) electrons. The van der Waals surface area contributed by atoms with Crippen molar-refractivity contribution in [2.24, 2.45) is 11.3 Å². The molecular formula is C18H29NO. The molecule has 2 rings (SSSR count). The van der Waals surface area contributed by atoms with E-state index >= 15 is 0 Å². The van der Waals surface area contributed by atoms with Crippen LogP contribution >= 0.6 is 0 Å². The Hall–Kier alpha value is -0.860. The molecule has 0 bridgehead atoms. The van der Waals surface area contributed by atoms with Crippen molar-refractivity contribution in [3.05, 3.63) is 35.4 Å². The van der Waals surface area contributed by atoms with Crippen LogP contribution in [0.5, 0.6) is 0 Å². The molecular weight excluding hydrogens is 246 g/mol. The molecule has 0 aromatic heterocycles. The molecule has 1 saturated heterocycles. The summed E-state index contributed by atoms with van der Waals surface area (Å²) in [6.45, 7) is 10.8. The normalized spacial score (nSPS) is 18.4. The number of hydrogen-bond acceptors (Lipinski definition) is 2. The van der Waals surface area contributed by atoms with Crippen molar-refractivity contribution in [2.45, 2.75) is 40.0 Å². The van der Waals surface area contributed by atoms with Gasteiger partial charge >= 0.3 is 0 Å². The molecule has 20 heavy (non-hydrogen) atoms. The molecule has 1 aliphatic heterocycles. The minimum Gasteiger partial charge on any atom is -0.381 e. The number of hydrogen-bond donors (Lipinski definition) is 1. The van der Waals surface area contributed by atoms with Gasteiger partial charge in [0.15, 0.2) is 0 Å². The summed E-state index contributed by atoms with van der Waals surface area (Å²) in [6.07, 6.45) is 3.52. The van der Waals surface area contributed by atoms with Gasteiger partial charge in [-0.05, 0) is 49.6 Å². The molecule has 1 aliphatic rings. The third kappa shape index (κ3) is 4.60. The lowest BCUT2D eigenvalue weighted by atomic mass is 9.75. The Labute approximate surface area is 123 Å². The SMILES string of the molecule is Cc1cccc(CC2(CNCC(C)C)CCOCC2)c1. The average molecular weight is 275 g/mol. The van der Waals surface area contributed by atoms with Gasteiger partial charge in [0.2, 0.25) is 0 Å². The Balaban J connectivity index is 2.02. The second kappa shape index (κ2) is 7.24. The topological polar surface area (TPSA) is 21.3 Å². The Kier molecular flexibility index (Phi) is 5.62. The smallest absolute Gasteiger partial charge is 0.0471 e. The van der Waals surface area contributed by atoms with Crippen molar-refractivity contribution in [3.8, 4) is 0 Å². The minimum atomic E-state index is 0.376. The van der Waals surface area contributed by atoms with Gasteiger partial charge in [-0.3, -0.25) is 0 Å². The van der Waals surface area contributed by atoms with Gasteiger partial charge in [-0.15, -0.1) is 0 Å². The molecule has 0 atom stereocenters. The molecule has 1 heterocycles. The van der Waals surface area contributed by atoms with E-state index in [2.05, 4.69) is 50.4 Å². The Morgan fingerprint density at radius 3 is 2.65 bits per heavy atom. The summed E-state index contributed by atoms with van der Waals surface area (Å²) >= 11 is 0. The van der Waals surface area contributed by atoms with Gasteiger partial charge < -0.3 is 10.1 Å². The fraction of sp³-hybridized carbons (Fsp3) is 0.667. The van der Waals surface area contributed by atoms with E-state index in [4.69, 9.17) is 4.74 Å². The molecule has 1 aromatic carbocycles. The lowest BCUT2D eigenvalue weighted by Gasteiger charge is -2.38. The fourth-order valence-electron chi connectivity index (χ4n) is 3.10. The first-order chi connectivity index (χ1) is 9.60. The summed E-state index contributed by atoms with van der Waals surface area (Å²) in [4.78, 5) is 0. The second-order valence-electron chi connectivity index (χ2n) is 6.80. The van der Waals surface area contributed by atoms with Crippen molar-refractivity contribution >= 4 is 0 Å². The van der Waals surface area contributed by atoms with Crippen LogP contribution in [-0.2, 0) is 11.2 Å². The maximum atomic E-state index is 5.59. The van der Waals surface area contributed by atoms with Gasteiger partial charge in [-0.25, -0.2) is 0 Å². The van der Waals surface area contributed by atoms with Crippen LogP contribution in [0.4, 0.5) is 0 Å². The number of aryl methyl sites for hydroxylation is 1. The molecule has 2 heteroatoms. The van der Waals surface area contributed by atoms with Crippen molar-refractivity contribution in [2.75, 3.05) is 26.3 Å². The molecule has 1 aromatic rings. The molecule has 112 valence electrons.